The van der Waals surface area contributed by atoms with Crippen molar-refractivity contribution in [1.82, 2.24) is 34.7 Å². The third kappa shape index (κ3) is 4.01. The summed E-state index contributed by atoms with van der Waals surface area (Å²) in [5, 5.41) is 13.0. The number of aromatic nitrogens is 6. The molecule has 4 aromatic rings. The SMILES string of the molecule is Cc1ccc(-n2nccn2)c(C(=O)N2CSC[C@H]2Cn2ccc(-c3ccc(F)cn3)n2)c1. The molecule has 8 nitrogen and oxygen atoms in total. The summed E-state index contributed by atoms with van der Waals surface area (Å²) in [6.45, 7) is 2.52. The summed E-state index contributed by atoms with van der Waals surface area (Å²) < 4.78 is 15.0. The maximum atomic E-state index is 13.5. The van der Waals surface area contributed by atoms with Crippen molar-refractivity contribution in [1.29, 1.82) is 0 Å². The molecular formula is C22H20FN7OS. The molecule has 5 rings (SSSR count). The van der Waals surface area contributed by atoms with Gasteiger partial charge in [-0.3, -0.25) is 14.5 Å². The summed E-state index contributed by atoms with van der Waals surface area (Å²) >= 11 is 1.72. The maximum Gasteiger partial charge on any atom is 0.257 e. The minimum Gasteiger partial charge on any atom is -0.324 e. The van der Waals surface area contributed by atoms with E-state index >= 15 is 0 Å². The molecule has 32 heavy (non-hydrogen) atoms. The van der Waals surface area contributed by atoms with Crippen LogP contribution in [0.15, 0.2) is 61.2 Å². The van der Waals surface area contributed by atoms with Gasteiger partial charge in [-0.05, 0) is 37.3 Å². The Morgan fingerprint density at radius 2 is 2.00 bits per heavy atom. The minimum atomic E-state index is -0.383. The number of benzene rings is 1. The number of aryl methyl sites for hydroxylation is 1. The van der Waals surface area contributed by atoms with Crippen molar-refractivity contribution in [2.75, 3.05) is 11.6 Å². The molecule has 1 aliphatic heterocycles. The van der Waals surface area contributed by atoms with Gasteiger partial charge in [-0.15, -0.1) is 11.8 Å². The lowest BCUT2D eigenvalue weighted by atomic mass is 10.1. The van der Waals surface area contributed by atoms with Gasteiger partial charge in [0.1, 0.15) is 11.5 Å². The number of halogens is 1. The molecule has 4 heterocycles. The highest BCUT2D eigenvalue weighted by atomic mass is 32.2. The Morgan fingerprint density at radius 3 is 2.78 bits per heavy atom. The third-order valence-corrected chi connectivity index (χ3v) is 6.37. The molecule has 0 unspecified atom stereocenters. The molecule has 0 bridgehead atoms. The quantitative estimate of drug-likeness (QED) is 0.466. The summed E-state index contributed by atoms with van der Waals surface area (Å²) in [6, 6.07) is 10.5. The molecule has 0 aliphatic carbocycles. The predicted molar refractivity (Wildman–Crippen MR) is 119 cm³/mol. The van der Waals surface area contributed by atoms with Crippen LogP contribution in [0.1, 0.15) is 15.9 Å². The summed E-state index contributed by atoms with van der Waals surface area (Å²) in [5.74, 6) is 0.989. The van der Waals surface area contributed by atoms with E-state index < -0.39 is 0 Å². The first-order valence-corrected chi connectivity index (χ1v) is 11.3. The van der Waals surface area contributed by atoms with Crippen LogP contribution >= 0.6 is 11.8 Å². The molecule has 162 valence electrons. The third-order valence-electron chi connectivity index (χ3n) is 5.29. The van der Waals surface area contributed by atoms with E-state index in [1.165, 1.54) is 17.1 Å². The Balaban J connectivity index is 1.37. The summed E-state index contributed by atoms with van der Waals surface area (Å²) in [4.78, 5) is 21.0. The molecule has 1 atom stereocenters. The molecule has 1 saturated heterocycles. The average Bonchev–Trinajstić information content (AvgIpc) is 3.56. The van der Waals surface area contributed by atoms with E-state index in [1.807, 2.05) is 47.0 Å². The fourth-order valence-corrected chi connectivity index (χ4v) is 4.88. The van der Waals surface area contributed by atoms with Crippen LogP contribution < -0.4 is 0 Å². The monoisotopic (exact) mass is 449 g/mol. The lowest BCUT2D eigenvalue weighted by molar-refractivity contribution is 0.0733. The zero-order chi connectivity index (χ0) is 22.1. The van der Waals surface area contributed by atoms with Crippen molar-refractivity contribution in [3.63, 3.8) is 0 Å². The zero-order valence-corrected chi connectivity index (χ0v) is 18.1. The number of pyridine rings is 1. The van der Waals surface area contributed by atoms with Crippen LogP contribution in [0.25, 0.3) is 17.1 Å². The highest BCUT2D eigenvalue weighted by Crippen LogP contribution is 2.27. The summed E-state index contributed by atoms with van der Waals surface area (Å²) in [6.07, 6.45) is 6.22. The lowest BCUT2D eigenvalue weighted by Crippen LogP contribution is -2.40. The Morgan fingerprint density at radius 1 is 1.16 bits per heavy atom. The van der Waals surface area contributed by atoms with Crippen molar-refractivity contribution >= 4 is 17.7 Å². The summed E-state index contributed by atoms with van der Waals surface area (Å²) in [7, 11) is 0. The van der Waals surface area contributed by atoms with E-state index in [0.717, 1.165) is 11.3 Å². The Bertz CT molecular complexity index is 1240. The largest absolute Gasteiger partial charge is 0.324 e. The van der Waals surface area contributed by atoms with Crippen LogP contribution in [-0.2, 0) is 6.54 Å². The van der Waals surface area contributed by atoms with Gasteiger partial charge in [-0.1, -0.05) is 11.6 Å². The first-order chi connectivity index (χ1) is 15.6. The van der Waals surface area contributed by atoms with E-state index in [0.29, 0.717) is 35.1 Å². The van der Waals surface area contributed by atoms with Crippen LogP contribution in [0.4, 0.5) is 4.39 Å². The van der Waals surface area contributed by atoms with Crippen LogP contribution in [0.2, 0.25) is 0 Å². The molecule has 0 N–H and O–H groups in total. The Labute approximate surface area is 188 Å². The average molecular weight is 450 g/mol. The van der Waals surface area contributed by atoms with Crippen LogP contribution in [-0.4, -0.2) is 58.2 Å². The van der Waals surface area contributed by atoms with Crippen molar-refractivity contribution in [3.8, 4) is 17.1 Å². The van der Waals surface area contributed by atoms with Crippen molar-refractivity contribution < 1.29 is 9.18 Å². The molecule has 1 amide bonds. The van der Waals surface area contributed by atoms with Gasteiger partial charge < -0.3 is 4.90 Å². The number of hydrogen-bond donors (Lipinski definition) is 0. The molecule has 0 radical (unpaired) electrons. The fraction of sp³-hybridized carbons (Fsp3) is 0.227. The van der Waals surface area contributed by atoms with E-state index in [9.17, 15) is 9.18 Å². The highest BCUT2D eigenvalue weighted by Gasteiger charge is 2.32. The number of nitrogens with zero attached hydrogens (tertiary/aromatic N) is 7. The van der Waals surface area contributed by atoms with Crippen LogP contribution in [0.5, 0.6) is 0 Å². The number of thioether (sulfide) groups is 1. The number of carbonyl (C=O) groups is 1. The Hall–Kier alpha value is -3.53. The van der Waals surface area contributed by atoms with Gasteiger partial charge in [-0.25, -0.2) is 4.39 Å². The molecular weight excluding hydrogens is 429 g/mol. The summed E-state index contributed by atoms with van der Waals surface area (Å²) in [5.41, 5.74) is 3.50. The molecule has 1 aromatic carbocycles. The first-order valence-electron chi connectivity index (χ1n) is 10.1. The van der Waals surface area contributed by atoms with E-state index in [1.54, 1.807) is 30.2 Å². The van der Waals surface area contributed by atoms with Crippen LogP contribution in [0.3, 0.4) is 0 Å². The lowest BCUT2D eigenvalue weighted by Gasteiger charge is -2.25. The topological polar surface area (TPSA) is 81.7 Å². The second-order valence-electron chi connectivity index (χ2n) is 7.55. The number of rotatable bonds is 5. The van der Waals surface area contributed by atoms with E-state index in [4.69, 9.17) is 0 Å². The van der Waals surface area contributed by atoms with Gasteiger partial charge in [0.2, 0.25) is 0 Å². The second kappa shape index (κ2) is 8.54. The van der Waals surface area contributed by atoms with Gasteiger partial charge >= 0.3 is 0 Å². The molecule has 0 saturated carbocycles. The van der Waals surface area contributed by atoms with Gasteiger partial charge in [0, 0.05) is 11.9 Å². The second-order valence-corrected chi connectivity index (χ2v) is 8.55. The zero-order valence-electron chi connectivity index (χ0n) is 17.3. The van der Waals surface area contributed by atoms with Crippen LogP contribution in [0, 0.1) is 12.7 Å². The Kier molecular flexibility index (Phi) is 5.44. The van der Waals surface area contributed by atoms with Crippen molar-refractivity contribution in [3.05, 3.63) is 78.1 Å². The maximum absolute atomic E-state index is 13.5. The molecule has 1 aliphatic rings. The number of hydrogen-bond acceptors (Lipinski definition) is 6. The van der Waals surface area contributed by atoms with Crippen molar-refractivity contribution in [2.45, 2.75) is 19.5 Å². The smallest absolute Gasteiger partial charge is 0.257 e. The van der Waals surface area contributed by atoms with Crippen molar-refractivity contribution in [2.24, 2.45) is 0 Å². The number of amides is 1. The van der Waals surface area contributed by atoms with Gasteiger partial charge in [0.25, 0.3) is 5.91 Å². The molecule has 0 spiro atoms. The fourth-order valence-electron chi connectivity index (χ4n) is 3.69. The van der Waals surface area contributed by atoms with Gasteiger partial charge in [-0.2, -0.15) is 20.1 Å². The standard InChI is InChI=1S/C22H20FN7OS/c1-15-2-5-21(30-25-7-8-26-30)18(10-15)22(31)29-14-32-13-17(29)12-28-9-6-20(27-28)19-4-3-16(23)11-24-19/h2-11,17H,12-14H2,1H3/t17-/m1/s1. The molecule has 3 aromatic heterocycles. The van der Waals surface area contributed by atoms with E-state index in [-0.39, 0.29) is 17.8 Å². The highest BCUT2D eigenvalue weighted by molar-refractivity contribution is 7.99. The number of carbonyl (C=O) groups excluding carboxylic acids is 1. The molecule has 10 heteroatoms. The first kappa shape index (κ1) is 20.4. The normalized spacial score (nSPS) is 15.9. The minimum absolute atomic E-state index is 0.0135. The van der Waals surface area contributed by atoms with E-state index in [2.05, 4.69) is 20.3 Å². The molecule has 1 fully saturated rings. The predicted octanol–water partition coefficient (Wildman–Crippen LogP) is 3.19. The van der Waals surface area contributed by atoms with Gasteiger partial charge in [0.15, 0.2) is 0 Å². The van der Waals surface area contributed by atoms with Gasteiger partial charge in [0.05, 0.1) is 54.0 Å².